The first-order valence-electron chi connectivity index (χ1n) is 6.07. The lowest BCUT2D eigenvalue weighted by Crippen LogP contribution is -2.35. The third-order valence-electron chi connectivity index (χ3n) is 2.63. The van der Waals surface area contributed by atoms with Crippen molar-refractivity contribution < 1.29 is 4.39 Å². The minimum Gasteiger partial charge on any atom is -0.351 e. The number of rotatable bonds is 5. The summed E-state index contributed by atoms with van der Waals surface area (Å²) in [6.45, 7) is 9.29. The van der Waals surface area contributed by atoms with Crippen LogP contribution < -0.4 is 10.6 Å². The van der Waals surface area contributed by atoms with Crippen LogP contribution in [0.5, 0.6) is 0 Å². The Morgan fingerprint density at radius 1 is 1.35 bits per heavy atom. The molecule has 0 spiro atoms. The van der Waals surface area contributed by atoms with Gasteiger partial charge in [0.05, 0.1) is 0 Å². The fourth-order valence-corrected chi connectivity index (χ4v) is 1.76. The summed E-state index contributed by atoms with van der Waals surface area (Å²) in [4.78, 5) is 6.14. The predicted octanol–water partition coefficient (Wildman–Crippen LogP) is 2.55. The molecule has 3 nitrogen and oxygen atoms in total. The quantitative estimate of drug-likeness (QED) is 0.858. The van der Waals surface area contributed by atoms with Crippen LogP contribution in [0, 0.1) is 11.7 Å². The van der Waals surface area contributed by atoms with Crippen LogP contribution in [-0.4, -0.2) is 17.6 Å². The van der Waals surface area contributed by atoms with Crippen molar-refractivity contribution in [2.45, 2.75) is 40.3 Å². The summed E-state index contributed by atoms with van der Waals surface area (Å²) >= 11 is 0. The maximum absolute atomic E-state index is 14.1. The van der Waals surface area contributed by atoms with E-state index in [-0.39, 0.29) is 18.4 Å². The SMILES string of the molecule is CC(C)CN(c1nccc(CN)c1F)C(C)C. The van der Waals surface area contributed by atoms with E-state index < -0.39 is 0 Å². The molecule has 0 amide bonds. The highest BCUT2D eigenvalue weighted by molar-refractivity contribution is 5.44. The molecule has 1 heterocycles. The number of halogens is 1. The maximum atomic E-state index is 14.1. The summed E-state index contributed by atoms with van der Waals surface area (Å²) in [5.41, 5.74) is 6.03. The van der Waals surface area contributed by atoms with E-state index in [9.17, 15) is 4.39 Å². The molecule has 0 unspecified atom stereocenters. The van der Waals surface area contributed by atoms with Gasteiger partial charge < -0.3 is 10.6 Å². The molecule has 1 aromatic heterocycles. The zero-order valence-electron chi connectivity index (χ0n) is 11.1. The number of nitrogens with two attached hydrogens (primary N) is 1. The second-order valence-electron chi connectivity index (χ2n) is 4.95. The molecule has 1 rings (SSSR count). The largest absolute Gasteiger partial charge is 0.351 e. The molecule has 0 saturated heterocycles. The van der Waals surface area contributed by atoms with Gasteiger partial charge in [0.25, 0.3) is 0 Å². The molecule has 0 bridgehead atoms. The van der Waals surface area contributed by atoms with Crippen molar-refractivity contribution in [3.05, 3.63) is 23.6 Å². The molecule has 0 radical (unpaired) electrons. The van der Waals surface area contributed by atoms with Crippen LogP contribution in [0.2, 0.25) is 0 Å². The second-order valence-corrected chi connectivity index (χ2v) is 4.95. The molecule has 1 aromatic rings. The van der Waals surface area contributed by atoms with Gasteiger partial charge in [-0.2, -0.15) is 0 Å². The Balaban J connectivity index is 3.09. The summed E-state index contributed by atoms with van der Waals surface area (Å²) < 4.78 is 14.1. The van der Waals surface area contributed by atoms with E-state index in [1.54, 1.807) is 12.3 Å². The predicted molar refractivity (Wildman–Crippen MR) is 69.4 cm³/mol. The van der Waals surface area contributed by atoms with Crippen molar-refractivity contribution in [3.8, 4) is 0 Å². The van der Waals surface area contributed by atoms with Gasteiger partial charge in [-0.1, -0.05) is 13.8 Å². The Labute approximate surface area is 103 Å². The summed E-state index contributed by atoms with van der Waals surface area (Å²) in [6, 6.07) is 1.85. The van der Waals surface area contributed by atoms with E-state index in [0.29, 0.717) is 17.3 Å². The van der Waals surface area contributed by atoms with Gasteiger partial charge in [-0.25, -0.2) is 9.37 Å². The Kier molecular flexibility index (Phi) is 4.87. The van der Waals surface area contributed by atoms with Crippen LogP contribution >= 0.6 is 0 Å². The molecular formula is C13H22FN3. The first kappa shape index (κ1) is 13.9. The van der Waals surface area contributed by atoms with Gasteiger partial charge in [0.2, 0.25) is 0 Å². The molecule has 4 heteroatoms. The minimum atomic E-state index is -0.288. The highest BCUT2D eigenvalue weighted by atomic mass is 19.1. The lowest BCUT2D eigenvalue weighted by molar-refractivity contribution is 0.537. The number of nitrogens with zero attached hydrogens (tertiary/aromatic N) is 2. The summed E-state index contributed by atoms with van der Waals surface area (Å²) in [7, 11) is 0. The van der Waals surface area contributed by atoms with E-state index in [0.717, 1.165) is 6.54 Å². The van der Waals surface area contributed by atoms with Crippen LogP contribution in [0.25, 0.3) is 0 Å². The topological polar surface area (TPSA) is 42.2 Å². The number of aromatic nitrogens is 1. The third kappa shape index (κ3) is 3.40. The lowest BCUT2D eigenvalue weighted by Gasteiger charge is -2.30. The summed E-state index contributed by atoms with van der Waals surface area (Å²) in [5.74, 6) is 0.584. The van der Waals surface area contributed by atoms with Crippen molar-refractivity contribution in [1.82, 2.24) is 4.98 Å². The van der Waals surface area contributed by atoms with Crippen molar-refractivity contribution in [2.24, 2.45) is 11.7 Å². The maximum Gasteiger partial charge on any atom is 0.170 e. The van der Waals surface area contributed by atoms with Crippen molar-refractivity contribution in [2.75, 3.05) is 11.4 Å². The van der Waals surface area contributed by atoms with E-state index in [1.165, 1.54) is 0 Å². The van der Waals surface area contributed by atoms with Gasteiger partial charge in [-0.05, 0) is 25.8 Å². The number of hydrogen-bond acceptors (Lipinski definition) is 3. The van der Waals surface area contributed by atoms with Crippen molar-refractivity contribution in [3.63, 3.8) is 0 Å². The van der Waals surface area contributed by atoms with E-state index in [1.807, 2.05) is 18.7 Å². The van der Waals surface area contributed by atoms with Gasteiger partial charge in [-0.15, -0.1) is 0 Å². The second kappa shape index (κ2) is 5.96. The monoisotopic (exact) mass is 239 g/mol. The number of hydrogen-bond donors (Lipinski definition) is 1. The minimum absolute atomic E-state index is 0.203. The van der Waals surface area contributed by atoms with Crippen molar-refractivity contribution >= 4 is 5.82 Å². The Hall–Kier alpha value is -1.16. The van der Waals surface area contributed by atoms with Crippen LogP contribution in [0.1, 0.15) is 33.3 Å². The fraction of sp³-hybridized carbons (Fsp3) is 0.615. The van der Waals surface area contributed by atoms with Gasteiger partial charge in [-0.3, -0.25) is 0 Å². The highest BCUT2D eigenvalue weighted by Crippen LogP contribution is 2.22. The molecule has 0 saturated carbocycles. The van der Waals surface area contributed by atoms with Gasteiger partial charge >= 0.3 is 0 Å². The van der Waals surface area contributed by atoms with Crippen LogP contribution in [-0.2, 0) is 6.54 Å². The van der Waals surface area contributed by atoms with E-state index in [2.05, 4.69) is 18.8 Å². The molecule has 17 heavy (non-hydrogen) atoms. The standard InChI is InChI=1S/C13H22FN3/c1-9(2)8-17(10(3)4)13-12(14)11(7-15)5-6-16-13/h5-6,9-10H,7-8,15H2,1-4H3. The smallest absolute Gasteiger partial charge is 0.170 e. The van der Waals surface area contributed by atoms with Crippen LogP contribution in [0.3, 0.4) is 0 Å². The molecule has 0 aromatic carbocycles. The van der Waals surface area contributed by atoms with E-state index >= 15 is 0 Å². The van der Waals surface area contributed by atoms with Gasteiger partial charge in [0.1, 0.15) is 0 Å². The van der Waals surface area contributed by atoms with Crippen LogP contribution in [0.15, 0.2) is 12.3 Å². The summed E-state index contributed by atoms with van der Waals surface area (Å²) in [5, 5.41) is 0. The molecular weight excluding hydrogens is 217 g/mol. The number of anilines is 1. The average Bonchev–Trinajstić information content (AvgIpc) is 2.26. The lowest BCUT2D eigenvalue weighted by atomic mass is 10.1. The Morgan fingerprint density at radius 2 is 2.00 bits per heavy atom. The van der Waals surface area contributed by atoms with Crippen LogP contribution in [0.4, 0.5) is 10.2 Å². The average molecular weight is 239 g/mol. The third-order valence-corrected chi connectivity index (χ3v) is 2.63. The van der Waals surface area contributed by atoms with Gasteiger partial charge in [0, 0.05) is 30.9 Å². The van der Waals surface area contributed by atoms with E-state index in [4.69, 9.17) is 5.73 Å². The molecule has 2 N–H and O–H groups in total. The number of pyridine rings is 1. The highest BCUT2D eigenvalue weighted by Gasteiger charge is 2.19. The first-order chi connectivity index (χ1) is 7.97. The van der Waals surface area contributed by atoms with Gasteiger partial charge in [0.15, 0.2) is 11.6 Å². The molecule has 0 fully saturated rings. The molecule has 0 atom stereocenters. The van der Waals surface area contributed by atoms with Crippen molar-refractivity contribution in [1.29, 1.82) is 0 Å². The summed E-state index contributed by atoms with van der Waals surface area (Å²) in [6.07, 6.45) is 1.62. The Morgan fingerprint density at radius 3 is 2.47 bits per heavy atom. The molecule has 0 aliphatic rings. The molecule has 96 valence electrons. The normalized spacial score (nSPS) is 11.3. The zero-order chi connectivity index (χ0) is 13.0. The zero-order valence-corrected chi connectivity index (χ0v) is 11.1. The first-order valence-corrected chi connectivity index (χ1v) is 6.07. The molecule has 0 aliphatic heterocycles. The fourth-order valence-electron chi connectivity index (χ4n) is 1.76. The molecule has 0 aliphatic carbocycles. The Bertz CT molecular complexity index is 364.